The number of nitrogens with one attached hydrogen (secondary N) is 2. The highest BCUT2D eigenvalue weighted by Gasteiger charge is 2.18. The Morgan fingerprint density at radius 3 is 2.48 bits per heavy atom. The lowest BCUT2D eigenvalue weighted by Gasteiger charge is -2.10. The van der Waals surface area contributed by atoms with Crippen molar-refractivity contribution in [3.8, 4) is 0 Å². The minimum atomic E-state index is -3.71. The van der Waals surface area contributed by atoms with Gasteiger partial charge in [0.25, 0.3) is 10.0 Å². The van der Waals surface area contributed by atoms with Crippen molar-refractivity contribution < 1.29 is 13.2 Å². The van der Waals surface area contributed by atoms with Gasteiger partial charge < -0.3 is 5.32 Å². The molecule has 1 heterocycles. The molecule has 0 atom stereocenters. The predicted molar refractivity (Wildman–Crippen MR) is 116 cm³/mol. The van der Waals surface area contributed by atoms with Crippen LogP contribution in [0.4, 0.5) is 5.69 Å². The van der Waals surface area contributed by atoms with Crippen LogP contribution in [-0.4, -0.2) is 26.7 Å². The van der Waals surface area contributed by atoms with Crippen LogP contribution in [-0.2, 0) is 27.7 Å². The molecule has 2 aromatic rings. The number of carbonyl (C=O) groups excluding carboxylic acids is 1. The van der Waals surface area contributed by atoms with Crippen molar-refractivity contribution >= 4 is 27.5 Å². The Morgan fingerprint density at radius 2 is 1.83 bits per heavy atom. The van der Waals surface area contributed by atoms with Crippen molar-refractivity contribution in [3.05, 3.63) is 59.7 Å². The van der Waals surface area contributed by atoms with Gasteiger partial charge in [0, 0.05) is 18.7 Å². The van der Waals surface area contributed by atoms with E-state index >= 15 is 0 Å². The Labute approximate surface area is 172 Å². The van der Waals surface area contributed by atoms with E-state index in [1.165, 1.54) is 17.7 Å². The molecule has 0 aliphatic carbocycles. The van der Waals surface area contributed by atoms with E-state index in [1.807, 2.05) is 24.3 Å². The van der Waals surface area contributed by atoms with Gasteiger partial charge in [0.15, 0.2) is 0 Å². The lowest BCUT2D eigenvalue weighted by molar-refractivity contribution is -0.115. The maximum atomic E-state index is 12.5. The van der Waals surface area contributed by atoms with Crippen LogP contribution >= 0.6 is 0 Å². The fraction of sp³-hybridized carbons (Fsp3) is 0.364. The Balaban J connectivity index is 1.62. The molecule has 154 valence electrons. The summed E-state index contributed by atoms with van der Waals surface area (Å²) in [6.07, 6.45) is 2.72. The molecule has 2 N–H and O–H groups in total. The lowest BCUT2D eigenvalue weighted by atomic mass is 10.0. The number of hydrogen-bond donors (Lipinski definition) is 2. The minimum Gasteiger partial charge on any atom is -0.326 e. The molecule has 0 fully saturated rings. The summed E-state index contributed by atoms with van der Waals surface area (Å²) in [6.45, 7) is 4.99. The summed E-state index contributed by atoms with van der Waals surface area (Å²) in [4.78, 5) is 16.6. The monoisotopic (exact) mass is 413 g/mol. The van der Waals surface area contributed by atoms with Crippen LogP contribution in [0.3, 0.4) is 0 Å². The van der Waals surface area contributed by atoms with Crippen LogP contribution in [0.15, 0.2) is 58.4 Å². The minimum absolute atomic E-state index is 0.0999. The average molecular weight is 414 g/mol. The van der Waals surface area contributed by atoms with Crippen LogP contribution < -0.4 is 10.0 Å². The van der Waals surface area contributed by atoms with E-state index in [2.05, 4.69) is 28.9 Å². The number of rotatable bonds is 7. The van der Waals surface area contributed by atoms with Crippen molar-refractivity contribution in [2.75, 3.05) is 11.9 Å². The standard InChI is InChI=1S/C22H27N3O3S/c1-16(2)13-17-8-10-18(11-9-17)14-22(26)24-19-5-3-6-20(15-19)29(27,28)25-21-7-4-12-23-21/h3,5-6,8-11,15-16H,4,7,12-14H2,1-2H3,(H,23,25)(H,24,26). The van der Waals surface area contributed by atoms with Gasteiger partial charge in [0.2, 0.25) is 5.91 Å². The second-order valence-corrected chi connectivity index (χ2v) is 9.39. The van der Waals surface area contributed by atoms with E-state index < -0.39 is 10.0 Å². The van der Waals surface area contributed by atoms with Gasteiger partial charge in [-0.1, -0.05) is 44.2 Å². The van der Waals surface area contributed by atoms with Crippen LogP contribution in [0.2, 0.25) is 0 Å². The molecule has 0 saturated heterocycles. The van der Waals surface area contributed by atoms with Crippen LogP contribution in [0.25, 0.3) is 0 Å². The highest BCUT2D eigenvalue weighted by Crippen LogP contribution is 2.17. The van der Waals surface area contributed by atoms with E-state index in [0.717, 1.165) is 18.4 Å². The molecular weight excluding hydrogens is 386 g/mol. The molecular formula is C22H27N3O3S. The molecule has 0 saturated carbocycles. The van der Waals surface area contributed by atoms with Crippen molar-refractivity contribution in [1.29, 1.82) is 0 Å². The van der Waals surface area contributed by atoms with Gasteiger partial charge in [0.05, 0.1) is 11.3 Å². The van der Waals surface area contributed by atoms with Crippen LogP contribution in [0, 0.1) is 5.92 Å². The highest BCUT2D eigenvalue weighted by molar-refractivity contribution is 7.90. The first kappa shape index (κ1) is 21.0. The Hall–Kier alpha value is -2.67. The quantitative estimate of drug-likeness (QED) is 0.728. The Morgan fingerprint density at radius 1 is 1.10 bits per heavy atom. The molecule has 1 aliphatic heterocycles. The maximum absolute atomic E-state index is 12.5. The summed E-state index contributed by atoms with van der Waals surface area (Å²) in [5.41, 5.74) is 2.61. The average Bonchev–Trinajstić information content (AvgIpc) is 3.15. The summed E-state index contributed by atoms with van der Waals surface area (Å²) in [5, 5.41) is 2.78. The van der Waals surface area contributed by atoms with Gasteiger partial charge in [-0.15, -0.1) is 0 Å². The SMILES string of the molecule is CC(C)Cc1ccc(CC(=O)Nc2cccc(S(=O)(=O)NC3=NCCC3)c2)cc1. The number of amides is 1. The molecule has 3 rings (SSSR count). The molecule has 7 heteroatoms. The van der Waals surface area contributed by atoms with E-state index in [1.54, 1.807) is 12.1 Å². The second-order valence-electron chi connectivity index (χ2n) is 7.70. The molecule has 1 aliphatic rings. The number of sulfonamides is 1. The number of hydrogen-bond acceptors (Lipinski definition) is 4. The van der Waals surface area contributed by atoms with Gasteiger partial charge in [-0.25, -0.2) is 8.42 Å². The molecule has 1 amide bonds. The summed E-state index contributed by atoms with van der Waals surface area (Å²) < 4.78 is 27.6. The molecule has 0 bridgehead atoms. The number of amidine groups is 1. The molecule has 29 heavy (non-hydrogen) atoms. The van der Waals surface area contributed by atoms with Gasteiger partial charge >= 0.3 is 0 Å². The summed E-state index contributed by atoms with van der Waals surface area (Å²) in [6, 6.07) is 14.3. The Kier molecular flexibility index (Phi) is 6.69. The molecule has 2 aromatic carbocycles. The van der Waals surface area contributed by atoms with E-state index in [0.29, 0.717) is 30.4 Å². The first-order valence-electron chi connectivity index (χ1n) is 9.86. The molecule has 6 nitrogen and oxygen atoms in total. The first-order chi connectivity index (χ1) is 13.8. The maximum Gasteiger partial charge on any atom is 0.262 e. The smallest absolute Gasteiger partial charge is 0.262 e. The number of benzene rings is 2. The summed E-state index contributed by atoms with van der Waals surface area (Å²) in [7, 11) is -3.71. The van der Waals surface area contributed by atoms with E-state index in [9.17, 15) is 13.2 Å². The number of anilines is 1. The zero-order chi connectivity index (χ0) is 20.9. The first-order valence-corrected chi connectivity index (χ1v) is 11.3. The zero-order valence-electron chi connectivity index (χ0n) is 16.8. The van der Waals surface area contributed by atoms with Gasteiger partial charge in [-0.05, 0) is 48.1 Å². The van der Waals surface area contributed by atoms with Gasteiger partial charge in [0.1, 0.15) is 5.84 Å². The Bertz CT molecular complexity index is 996. The highest BCUT2D eigenvalue weighted by atomic mass is 32.2. The van der Waals surface area contributed by atoms with Gasteiger partial charge in [-0.2, -0.15) is 0 Å². The zero-order valence-corrected chi connectivity index (χ0v) is 17.6. The largest absolute Gasteiger partial charge is 0.326 e. The third-order valence-corrected chi connectivity index (χ3v) is 5.97. The molecule has 0 radical (unpaired) electrons. The fourth-order valence-electron chi connectivity index (χ4n) is 3.23. The number of nitrogens with zero attached hydrogens (tertiary/aromatic N) is 1. The number of aliphatic imine (C=N–C) groups is 1. The van der Waals surface area contributed by atoms with E-state index in [-0.39, 0.29) is 17.2 Å². The van der Waals surface area contributed by atoms with Crippen LogP contribution in [0.1, 0.15) is 37.8 Å². The summed E-state index contributed by atoms with van der Waals surface area (Å²) >= 11 is 0. The van der Waals surface area contributed by atoms with Gasteiger partial charge in [-0.3, -0.25) is 14.5 Å². The van der Waals surface area contributed by atoms with Crippen LogP contribution in [0.5, 0.6) is 0 Å². The topological polar surface area (TPSA) is 87.6 Å². The lowest BCUT2D eigenvalue weighted by Crippen LogP contribution is -2.29. The predicted octanol–water partition coefficient (Wildman–Crippen LogP) is 3.54. The van der Waals surface area contributed by atoms with Crippen molar-refractivity contribution in [2.24, 2.45) is 10.9 Å². The van der Waals surface area contributed by atoms with Crippen molar-refractivity contribution in [3.63, 3.8) is 0 Å². The third-order valence-electron chi connectivity index (χ3n) is 4.59. The number of carbonyl (C=O) groups is 1. The normalized spacial score (nSPS) is 14.0. The fourth-order valence-corrected chi connectivity index (χ4v) is 4.37. The molecule has 0 unspecified atom stereocenters. The van der Waals surface area contributed by atoms with Crippen molar-refractivity contribution in [2.45, 2.75) is 44.4 Å². The summed E-state index contributed by atoms with van der Waals surface area (Å²) in [5.74, 6) is 0.882. The molecule has 0 aromatic heterocycles. The van der Waals surface area contributed by atoms with E-state index in [4.69, 9.17) is 0 Å². The second kappa shape index (κ2) is 9.22. The molecule has 0 spiro atoms. The third kappa shape index (κ3) is 6.15. The van der Waals surface area contributed by atoms with Crippen molar-refractivity contribution in [1.82, 2.24) is 4.72 Å².